The fourth-order valence-electron chi connectivity index (χ4n) is 10.5. The Morgan fingerprint density at radius 2 is 0.706 bits per heavy atom. The highest BCUT2D eigenvalue weighted by Gasteiger charge is 2.20. The first-order valence-electron chi connectivity index (χ1n) is 23.3. The molecule has 0 spiro atoms. The van der Waals surface area contributed by atoms with Crippen molar-refractivity contribution in [1.29, 1.82) is 0 Å². The third-order valence-corrected chi connectivity index (χ3v) is 13.7. The Hall–Kier alpha value is -8.98. The third kappa shape index (κ3) is 6.73. The predicted octanol–water partition coefficient (Wildman–Crippen LogP) is 18.9. The molecule has 0 saturated carbocycles. The van der Waals surface area contributed by atoms with Gasteiger partial charge < -0.3 is 9.32 Å². The van der Waals surface area contributed by atoms with E-state index in [1.54, 1.807) is 0 Å². The Morgan fingerprint density at radius 1 is 0.250 bits per heavy atom. The minimum absolute atomic E-state index is 0.902. The molecule has 0 N–H and O–H groups in total. The van der Waals surface area contributed by atoms with Crippen LogP contribution in [0, 0.1) is 0 Å². The molecular weight excluding hydrogens is 823 g/mol. The Balaban J connectivity index is 0.927. The van der Waals surface area contributed by atoms with Gasteiger partial charge in [-0.25, -0.2) is 0 Å². The van der Waals surface area contributed by atoms with E-state index in [4.69, 9.17) is 4.42 Å². The summed E-state index contributed by atoms with van der Waals surface area (Å²) in [5.74, 6) is 0. The van der Waals surface area contributed by atoms with Gasteiger partial charge in [0, 0.05) is 33.4 Å². The van der Waals surface area contributed by atoms with E-state index in [0.29, 0.717) is 0 Å². The van der Waals surface area contributed by atoms with Gasteiger partial charge in [-0.15, -0.1) is 0 Å². The fourth-order valence-corrected chi connectivity index (χ4v) is 10.5. The predicted molar refractivity (Wildman–Crippen MR) is 288 cm³/mol. The number of furan rings is 1. The number of benzene rings is 12. The number of nitrogens with zero attached hydrogens (tertiary/aromatic N) is 1. The van der Waals surface area contributed by atoms with E-state index in [1.807, 2.05) is 12.1 Å². The van der Waals surface area contributed by atoms with Gasteiger partial charge in [0.2, 0.25) is 0 Å². The van der Waals surface area contributed by atoms with Crippen molar-refractivity contribution < 1.29 is 4.42 Å². The van der Waals surface area contributed by atoms with Crippen LogP contribution in [0.3, 0.4) is 0 Å². The van der Waals surface area contributed by atoms with E-state index < -0.39 is 0 Å². The largest absolute Gasteiger partial charge is 0.455 e. The minimum atomic E-state index is 0.902. The van der Waals surface area contributed by atoms with Crippen LogP contribution in [0.1, 0.15) is 0 Å². The zero-order valence-corrected chi connectivity index (χ0v) is 37.2. The molecule has 2 heteroatoms. The van der Waals surface area contributed by atoms with Crippen LogP contribution in [-0.2, 0) is 0 Å². The summed E-state index contributed by atoms with van der Waals surface area (Å²) in [7, 11) is 0. The number of rotatable bonds is 8. The first kappa shape index (κ1) is 39.4. The molecule has 68 heavy (non-hydrogen) atoms. The highest BCUT2D eigenvalue weighted by Crippen LogP contribution is 2.46. The summed E-state index contributed by atoms with van der Waals surface area (Å²) in [6, 6.07) is 94.4. The van der Waals surface area contributed by atoms with E-state index in [0.717, 1.165) is 55.7 Å². The van der Waals surface area contributed by atoms with E-state index in [1.165, 1.54) is 71.3 Å². The normalized spacial score (nSPS) is 11.5. The van der Waals surface area contributed by atoms with Crippen molar-refractivity contribution in [3.63, 3.8) is 0 Å². The second-order valence-electron chi connectivity index (χ2n) is 17.6. The van der Waals surface area contributed by atoms with Gasteiger partial charge in [-0.1, -0.05) is 212 Å². The van der Waals surface area contributed by atoms with Crippen LogP contribution < -0.4 is 4.90 Å². The van der Waals surface area contributed by atoms with Crippen molar-refractivity contribution in [3.8, 4) is 55.6 Å². The Labute approximate surface area is 395 Å². The smallest absolute Gasteiger partial charge is 0.143 e. The van der Waals surface area contributed by atoms with Crippen LogP contribution in [0.5, 0.6) is 0 Å². The van der Waals surface area contributed by atoms with Gasteiger partial charge in [0.05, 0.1) is 0 Å². The van der Waals surface area contributed by atoms with E-state index in [9.17, 15) is 0 Å². The standard InChI is InChI=1S/C66H43NO/c1-3-16-48(17-4-1)64-60-24-10-9-22-57(60)58-42-35-50(43-62(58)65(64)49-18-5-2-6-19-49)44-29-36-51(37-30-44)67(52-38-31-46(32-39-52)55-25-13-20-45-15-7-8-21-54(45)55)53-40-33-47(34-41-53)56-26-14-27-61-59-23-11-12-28-63(59)68-66(56)61/h1-43H. The van der Waals surface area contributed by atoms with Gasteiger partial charge in [-0.2, -0.15) is 0 Å². The molecule has 12 aromatic carbocycles. The maximum atomic E-state index is 6.46. The van der Waals surface area contributed by atoms with Gasteiger partial charge in [0.15, 0.2) is 0 Å². The Bertz CT molecular complexity index is 3980. The van der Waals surface area contributed by atoms with Gasteiger partial charge in [0.25, 0.3) is 0 Å². The fraction of sp³-hybridized carbons (Fsp3) is 0. The number of fused-ring (bicyclic) bond motifs is 7. The highest BCUT2D eigenvalue weighted by atomic mass is 16.3. The molecule has 0 unspecified atom stereocenters. The van der Waals surface area contributed by atoms with Crippen molar-refractivity contribution in [2.24, 2.45) is 0 Å². The maximum Gasteiger partial charge on any atom is 0.143 e. The van der Waals surface area contributed by atoms with E-state index in [-0.39, 0.29) is 0 Å². The molecule has 0 aliphatic rings. The number of anilines is 3. The van der Waals surface area contributed by atoms with Gasteiger partial charge in [-0.3, -0.25) is 0 Å². The number of hydrogen-bond donors (Lipinski definition) is 0. The lowest BCUT2D eigenvalue weighted by Gasteiger charge is -2.26. The summed E-state index contributed by atoms with van der Waals surface area (Å²) in [5.41, 5.74) is 16.9. The van der Waals surface area contributed by atoms with Crippen molar-refractivity contribution in [1.82, 2.24) is 0 Å². The lowest BCUT2D eigenvalue weighted by atomic mass is 9.84. The average molecular weight is 866 g/mol. The number of hydrogen-bond acceptors (Lipinski definition) is 2. The monoisotopic (exact) mass is 865 g/mol. The van der Waals surface area contributed by atoms with Crippen LogP contribution in [0.2, 0.25) is 0 Å². The first-order valence-corrected chi connectivity index (χ1v) is 23.3. The van der Waals surface area contributed by atoms with Crippen molar-refractivity contribution in [3.05, 3.63) is 261 Å². The van der Waals surface area contributed by atoms with Gasteiger partial charge >= 0.3 is 0 Å². The van der Waals surface area contributed by atoms with Crippen LogP contribution in [0.15, 0.2) is 265 Å². The zero-order valence-electron chi connectivity index (χ0n) is 37.2. The molecule has 1 aromatic heterocycles. The molecule has 0 atom stereocenters. The summed E-state index contributed by atoms with van der Waals surface area (Å²) in [6.45, 7) is 0. The molecule has 0 amide bonds. The molecule has 0 fully saturated rings. The molecular formula is C66H43NO. The molecule has 318 valence electrons. The van der Waals surface area contributed by atoms with Crippen LogP contribution in [0.4, 0.5) is 17.1 Å². The quantitative estimate of drug-likeness (QED) is 0.142. The van der Waals surface area contributed by atoms with Crippen LogP contribution in [-0.4, -0.2) is 0 Å². The van der Waals surface area contributed by atoms with Crippen LogP contribution >= 0.6 is 0 Å². The average Bonchev–Trinajstić information content (AvgIpc) is 3.80. The Morgan fingerprint density at radius 3 is 1.38 bits per heavy atom. The molecule has 13 rings (SSSR count). The van der Waals surface area contributed by atoms with Crippen molar-refractivity contribution in [2.75, 3.05) is 4.90 Å². The summed E-state index contributed by atoms with van der Waals surface area (Å²) in [5, 5.41) is 9.74. The second kappa shape index (κ2) is 16.5. The first-order chi connectivity index (χ1) is 33.7. The number of para-hydroxylation sites is 2. The van der Waals surface area contributed by atoms with E-state index in [2.05, 4.69) is 254 Å². The van der Waals surface area contributed by atoms with Gasteiger partial charge in [-0.05, 0) is 131 Å². The second-order valence-corrected chi connectivity index (χ2v) is 17.6. The lowest BCUT2D eigenvalue weighted by molar-refractivity contribution is 0.670. The molecule has 0 saturated heterocycles. The SMILES string of the molecule is c1ccc(-c2c(-c3ccccc3)c3cc(-c4ccc(N(c5ccc(-c6cccc7ccccc67)cc5)c5ccc(-c6cccc7c6oc6ccccc67)cc5)cc4)ccc3c3ccccc23)cc1. The summed E-state index contributed by atoms with van der Waals surface area (Å²) < 4.78 is 6.46. The molecule has 2 nitrogen and oxygen atoms in total. The van der Waals surface area contributed by atoms with Crippen LogP contribution in [0.25, 0.3) is 110 Å². The molecule has 0 aliphatic heterocycles. The van der Waals surface area contributed by atoms with Crippen molar-refractivity contribution >= 4 is 71.3 Å². The highest BCUT2D eigenvalue weighted by molar-refractivity contribution is 6.22. The van der Waals surface area contributed by atoms with Crippen molar-refractivity contribution in [2.45, 2.75) is 0 Å². The molecule has 0 aliphatic carbocycles. The summed E-state index contributed by atoms with van der Waals surface area (Å²) >= 11 is 0. The third-order valence-electron chi connectivity index (χ3n) is 13.7. The summed E-state index contributed by atoms with van der Waals surface area (Å²) in [6.07, 6.45) is 0. The molecule has 0 bridgehead atoms. The maximum absolute atomic E-state index is 6.46. The molecule has 0 radical (unpaired) electrons. The summed E-state index contributed by atoms with van der Waals surface area (Å²) in [4.78, 5) is 2.36. The minimum Gasteiger partial charge on any atom is -0.455 e. The molecule has 13 aromatic rings. The topological polar surface area (TPSA) is 16.4 Å². The molecule has 1 heterocycles. The zero-order chi connectivity index (χ0) is 45.0. The van der Waals surface area contributed by atoms with E-state index >= 15 is 0 Å². The van der Waals surface area contributed by atoms with Gasteiger partial charge in [0.1, 0.15) is 11.2 Å². The Kier molecular flexibility index (Phi) is 9.54. The lowest BCUT2D eigenvalue weighted by Crippen LogP contribution is -2.09.